The first-order chi connectivity index (χ1) is 6.97. The molecule has 15 heavy (non-hydrogen) atoms. The summed E-state index contributed by atoms with van der Waals surface area (Å²) in [6, 6.07) is 1.61. The Labute approximate surface area is 108 Å². The Hall–Kier alpha value is -0.330. The summed E-state index contributed by atoms with van der Waals surface area (Å²) < 4.78 is 3.08. The Morgan fingerprint density at radius 1 is 1.53 bits per heavy atom. The summed E-state index contributed by atoms with van der Waals surface area (Å²) in [6.07, 6.45) is 0. The highest BCUT2D eigenvalue weighted by molar-refractivity contribution is 9.13. The van der Waals surface area contributed by atoms with Crippen LogP contribution in [-0.2, 0) is 11.8 Å². The fourth-order valence-corrected chi connectivity index (χ4v) is 1.84. The Bertz CT molecular complexity index is 417. The molecule has 0 bridgehead atoms. The maximum absolute atomic E-state index is 11.5. The zero-order chi connectivity index (χ0) is 11.6. The molecule has 1 aromatic heterocycles. The Balaban J connectivity index is 2.92. The first kappa shape index (κ1) is 12.7. The Morgan fingerprint density at radius 3 is 2.53 bits per heavy atom. The minimum Gasteiger partial charge on any atom is -0.333 e. The van der Waals surface area contributed by atoms with Gasteiger partial charge in [-0.05, 0) is 37.9 Å². The van der Waals surface area contributed by atoms with Gasteiger partial charge >= 0.3 is 0 Å². The van der Waals surface area contributed by atoms with Crippen molar-refractivity contribution >= 4 is 55.3 Å². The summed E-state index contributed by atoms with van der Waals surface area (Å²) in [6.45, 7) is 0. The van der Waals surface area contributed by atoms with Crippen molar-refractivity contribution in [3.05, 3.63) is 20.8 Å². The van der Waals surface area contributed by atoms with Crippen molar-refractivity contribution in [3.63, 3.8) is 0 Å². The van der Waals surface area contributed by atoms with Crippen LogP contribution in [0.3, 0.4) is 0 Å². The molecule has 82 valence electrons. The van der Waals surface area contributed by atoms with E-state index in [1.165, 1.54) is 0 Å². The number of alkyl halides is 1. The number of halogens is 3. The predicted octanol–water partition coefficient (Wildman–Crippen LogP) is 2.05. The number of nitrogens with one attached hydrogen (secondary N) is 1. The maximum Gasteiger partial charge on any atom is 0.274 e. The van der Waals surface area contributed by atoms with Gasteiger partial charge in [-0.2, -0.15) is 0 Å². The quantitative estimate of drug-likeness (QED) is 0.823. The van der Waals surface area contributed by atoms with Crippen molar-refractivity contribution in [3.8, 4) is 0 Å². The van der Waals surface area contributed by atoms with E-state index in [0.29, 0.717) is 5.69 Å². The van der Waals surface area contributed by atoms with Gasteiger partial charge in [0, 0.05) is 7.05 Å². The second kappa shape index (κ2) is 5.14. The number of amides is 2. The lowest BCUT2D eigenvalue weighted by Crippen LogP contribution is -2.32. The van der Waals surface area contributed by atoms with Gasteiger partial charge in [-0.3, -0.25) is 14.9 Å². The van der Waals surface area contributed by atoms with E-state index in [2.05, 4.69) is 37.2 Å². The third kappa shape index (κ3) is 2.83. The van der Waals surface area contributed by atoms with Crippen LogP contribution in [0.5, 0.6) is 0 Å². The van der Waals surface area contributed by atoms with E-state index in [0.717, 1.165) is 9.08 Å². The second-order valence-corrected chi connectivity index (χ2v) is 4.61. The monoisotopic (exact) mass is 356 g/mol. The molecule has 1 rings (SSSR count). The fraction of sp³-hybridized carbons (Fsp3) is 0.250. The van der Waals surface area contributed by atoms with E-state index < -0.39 is 11.8 Å². The number of hydrogen-bond donors (Lipinski definition) is 1. The fourth-order valence-electron chi connectivity index (χ4n) is 0.984. The average molecular weight is 358 g/mol. The average Bonchev–Trinajstić information content (AvgIpc) is 2.45. The van der Waals surface area contributed by atoms with Crippen molar-refractivity contribution in [2.45, 2.75) is 0 Å². The molecule has 1 N–H and O–H groups in total. The molecule has 4 nitrogen and oxygen atoms in total. The van der Waals surface area contributed by atoms with Crippen LogP contribution in [0.2, 0.25) is 0 Å². The van der Waals surface area contributed by atoms with Gasteiger partial charge in [0.05, 0.1) is 9.08 Å². The predicted molar refractivity (Wildman–Crippen MR) is 64.0 cm³/mol. The van der Waals surface area contributed by atoms with Crippen molar-refractivity contribution in [2.75, 3.05) is 5.88 Å². The van der Waals surface area contributed by atoms with Crippen LogP contribution in [0.1, 0.15) is 10.5 Å². The first-order valence-corrected chi connectivity index (χ1v) is 6.00. The summed E-state index contributed by atoms with van der Waals surface area (Å²) in [7, 11) is 1.70. The van der Waals surface area contributed by atoms with Crippen molar-refractivity contribution < 1.29 is 9.59 Å². The lowest BCUT2D eigenvalue weighted by Gasteiger charge is -2.03. The summed E-state index contributed by atoms with van der Waals surface area (Å²) in [4.78, 5) is 22.4. The van der Waals surface area contributed by atoms with Gasteiger partial charge in [-0.15, -0.1) is 11.6 Å². The van der Waals surface area contributed by atoms with Crippen LogP contribution in [-0.4, -0.2) is 22.3 Å². The molecular formula is C8H7Br2ClN2O2. The topological polar surface area (TPSA) is 51.1 Å². The number of aromatic nitrogens is 1. The van der Waals surface area contributed by atoms with Crippen LogP contribution in [0.4, 0.5) is 0 Å². The van der Waals surface area contributed by atoms with E-state index in [9.17, 15) is 9.59 Å². The Morgan fingerprint density at radius 2 is 2.13 bits per heavy atom. The van der Waals surface area contributed by atoms with Gasteiger partial charge in [0.25, 0.3) is 5.91 Å². The molecule has 0 aliphatic rings. The highest BCUT2D eigenvalue weighted by atomic mass is 79.9. The molecule has 0 unspecified atom stereocenters. The standard InChI is InChI=1S/C8H7Br2ClN2O2/c1-13-5(2-4(9)7(13)10)8(15)12-6(14)3-11/h2H,3H2,1H3,(H,12,14,15). The van der Waals surface area contributed by atoms with Crippen LogP contribution in [0.25, 0.3) is 0 Å². The van der Waals surface area contributed by atoms with E-state index in [4.69, 9.17) is 11.6 Å². The van der Waals surface area contributed by atoms with Gasteiger partial charge in [-0.1, -0.05) is 0 Å². The van der Waals surface area contributed by atoms with E-state index in [1.54, 1.807) is 17.7 Å². The maximum atomic E-state index is 11.5. The third-order valence-corrected chi connectivity index (χ3v) is 4.06. The minimum absolute atomic E-state index is 0.238. The second-order valence-electron chi connectivity index (χ2n) is 2.74. The molecule has 0 aliphatic heterocycles. The van der Waals surface area contributed by atoms with Crippen LogP contribution in [0, 0.1) is 0 Å². The SMILES string of the molecule is Cn1c(C(=O)NC(=O)CCl)cc(Br)c1Br. The molecule has 1 aromatic rings. The van der Waals surface area contributed by atoms with Crippen LogP contribution in [0.15, 0.2) is 15.1 Å². The molecular weight excluding hydrogens is 351 g/mol. The third-order valence-electron chi connectivity index (χ3n) is 1.72. The number of nitrogens with zero attached hydrogens (tertiary/aromatic N) is 1. The molecule has 0 aromatic carbocycles. The number of hydrogen-bond acceptors (Lipinski definition) is 2. The highest BCUT2D eigenvalue weighted by Crippen LogP contribution is 2.25. The zero-order valence-corrected chi connectivity index (χ0v) is 11.6. The summed E-state index contributed by atoms with van der Waals surface area (Å²) in [5.74, 6) is -1.23. The van der Waals surface area contributed by atoms with E-state index in [-0.39, 0.29) is 5.88 Å². The summed E-state index contributed by atoms with van der Waals surface area (Å²) in [5, 5.41) is 2.15. The van der Waals surface area contributed by atoms with Crippen LogP contribution < -0.4 is 5.32 Å². The molecule has 0 atom stereocenters. The number of carbonyl (C=O) groups is 2. The van der Waals surface area contributed by atoms with Crippen LogP contribution >= 0.6 is 43.5 Å². The van der Waals surface area contributed by atoms with Gasteiger partial charge in [0.1, 0.15) is 11.6 Å². The van der Waals surface area contributed by atoms with Gasteiger partial charge in [0.2, 0.25) is 5.91 Å². The minimum atomic E-state index is -0.518. The molecule has 0 saturated heterocycles. The molecule has 0 fully saturated rings. The van der Waals surface area contributed by atoms with Gasteiger partial charge in [-0.25, -0.2) is 0 Å². The molecule has 0 aliphatic carbocycles. The molecule has 7 heteroatoms. The summed E-state index contributed by atoms with van der Waals surface area (Å²) >= 11 is 11.8. The molecule has 0 spiro atoms. The number of carbonyl (C=O) groups excluding carboxylic acids is 2. The smallest absolute Gasteiger partial charge is 0.274 e. The number of rotatable bonds is 2. The highest BCUT2D eigenvalue weighted by Gasteiger charge is 2.16. The molecule has 0 radical (unpaired) electrons. The number of imide groups is 1. The Kier molecular flexibility index (Phi) is 4.36. The van der Waals surface area contributed by atoms with Crippen molar-refractivity contribution in [1.29, 1.82) is 0 Å². The lowest BCUT2D eigenvalue weighted by molar-refractivity contribution is -0.117. The summed E-state index contributed by atoms with van der Waals surface area (Å²) in [5.41, 5.74) is 0.368. The van der Waals surface area contributed by atoms with Crippen molar-refractivity contribution in [1.82, 2.24) is 9.88 Å². The van der Waals surface area contributed by atoms with E-state index in [1.807, 2.05) is 0 Å². The van der Waals surface area contributed by atoms with Gasteiger partial charge < -0.3 is 4.57 Å². The van der Waals surface area contributed by atoms with Gasteiger partial charge in [0.15, 0.2) is 0 Å². The molecule has 2 amide bonds. The molecule has 1 heterocycles. The van der Waals surface area contributed by atoms with E-state index >= 15 is 0 Å². The first-order valence-electron chi connectivity index (χ1n) is 3.88. The largest absolute Gasteiger partial charge is 0.333 e. The lowest BCUT2D eigenvalue weighted by atomic mass is 10.4. The molecule has 0 saturated carbocycles. The van der Waals surface area contributed by atoms with Crippen molar-refractivity contribution in [2.24, 2.45) is 7.05 Å². The zero-order valence-electron chi connectivity index (χ0n) is 7.68. The normalized spacial score (nSPS) is 10.1.